The topological polar surface area (TPSA) is 123 Å². The molecule has 1 saturated carbocycles. The summed E-state index contributed by atoms with van der Waals surface area (Å²) in [6, 6.07) is 5.02. The van der Waals surface area contributed by atoms with Crippen LogP contribution in [0.3, 0.4) is 0 Å². The number of hydrogen-bond donors (Lipinski definition) is 2. The Balaban J connectivity index is 1.18. The van der Waals surface area contributed by atoms with E-state index in [-0.39, 0.29) is 5.91 Å². The highest BCUT2D eigenvalue weighted by molar-refractivity contribution is 6.08. The summed E-state index contributed by atoms with van der Waals surface area (Å²) >= 11 is 0. The standard InChI is InChI=1S/C23H29N3O7/c1-15-4-7-23(8-5-15)21(29)26(22(30)25-23)13-20(28)33-14-19(27)24-9-6-16-2-3-17-18(12-16)32-11-10-31-17/h2-3,12,15H,4-11,13-14H2,1H3,(H,24,27)(H,25,30). The number of carbonyl (C=O) groups excluding carboxylic acids is 4. The second kappa shape index (κ2) is 9.68. The third-order valence-electron chi connectivity index (χ3n) is 6.37. The normalized spacial score (nSPS) is 23.9. The molecule has 1 spiro atoms. The summed E-state index contributed by atoms with van der Waals surface area (Å²) in [7, 11) is 0. The van der Waals surface area contributed by atoms with Crippen molar-refractivity contribution in [3.63, 3.8) is 0 Å². The Hall–Kier alpha value is -3.30. The Kier molecular flexibility index (Phi) is 6.71. The maximum atomic E-state index is 12.8. The predicted molar refractivity (Wildman–Crippen MR) is 116 cm³/mol. The van der Waals surface area contributed by atoms with Gasteiger partial charge in [0.05, 0.1) is 0 Å². The number of nitrogens with one attached hydrogen (secondary N) is 2. The van der Waals surface area contributed by atoms with Gasteiger partial charge in [-0.05, 0) is 55.7 Å². The fraction of sp³-hybridized carbons (Fsp3) is 0.565. The molecule has 178 valence electrons. The minimum Gasteiger partial charge on any atom is -0.486 e. The number of imide groups is 1. The molecular formula is C23H29N3O7. The fourth-order valence-corrected chi connectivity index (χ4v) is 4.37. The number of rotatable bonds is 7. The molecule has 2 heterocycles. The fourth-order valence-electron chi connectivity index (χ4n) is 4.37. The lowest BCUT2D eigenvalue weighted by Gasteiger charge is -2.33. The molecule has 10 heteroatoms. The quantitative estimate of drug-likeness (QED) is 0.463. The molecule has 2 fully saturated rings. The van der Waals surface area contributed by atoms with Gasteiger partial charge in [-0.2, -0.15) is 0 Å². The molecule has 0 bridgehead atoms. The van der Waals surface area contributed by atoms with Crippen LogP contribution in [-0.4, -0.2) is 67.2 Å². The highest BCUT2D eigenvalue weighted by Gasteiger charge is 2.52. The molecule has 2 N–H and O–H groups in total. The number of nitrogens with zero attached hydrogens (tertiary/aromatic N) is 1. The SMILES string of the molecule is CC1CCC2(CC1)NC(=O)N(CC(=O)OCC(=O)NCCc1ccc3c(c1)OCCO3)C2=O. The van der Waals surface area contributed by atoms with E-state index < -0.39 is 36.6 Å². The van der Waals surface area contributed by atoms with Crippen LogP contribution in [0.15, 0.2) is 18.2 Å². The van der Waals surface area contributed by atoms with Crippen molar-refractivity contribution in [2.24, 2.45) is 5.92 Å². The molecule has 0 unspecified atom stereocenters. The second-order valence-electron chi connectivity index (χ2n) is 8.82. The summed E-state index contributed by atoms with van der Waals surface area (Å²) in [6.07, 6.45) is 3.39. The Morgan fingerprint density at radius 1 is 1.18 bits per heavy atom. The lowest BCUT2D eigenvalue weighted by molar-refractivity contribution is -0.151. The molecule has 1 aliphatic carbocycles. The van der Waals surface area contributed by atoms with Gasteiger partial charge in [0, 0.05) is 6.54 Å². The Morgan fingerprint density at radius 2 is 1.91 bits per heavy atom. The van der Waals surface area contributed by atoms with Gasteiger partial charge >= 0.3 is 12.0 Å². The first-order valence-corrected chi connectivity index (χ1v) is 11.3. The molecule has 4 amide bonds. The van der Waals surface area contributed by atoms with Gasteiger partial charge in [-0.15, -0.1) is 0 Å². The van der Waals surface area contributed by atoms with Crippen molar-refractivity contribution in [1.29, 1.82) is 0 Å². The number of ether oxygens (including phenoxy) is 3. The molecule has 1 saturated heterocycles. The van der Waals surface area contributed by atoms with E-state index in [4.69, 9.17) is 14.2 Å². The van der Waals surface area contributed by atoms with E-state index in [0.717, 1.165) is 23.3 Å². The number of urea groups is 1. The molecule has 1 aromatic rings. The average molecular weight is 459 g/mol. The zero-order valence-electron chi connectivity index (χ0n) is 18.7. The summed E-state index contributed by atoms with van der Waals surface area (Å²) in [5, 5.41) is 5.44. The van der Waals surface area contributed by atoms with Crippen LogP contribution in [0.4, 0.5) is 4.79 Å². The number of amides is 4. The van der Waals surface area contributed by atoms with E-state index in [1.54, 1.807) is 0 Å². The van der Waals surface area contributed by atoms with E-state index in [1.807, 2.05) is 18.2 Å². The van der Waals surface area contributed by atoms with Crippen LogP contribution < -0.4 is 20.1 Å². The highest BCUT2D eigenvalue weighted by atomic mass is 16.6. The summed E-state index contributed by atoms with van der Waals surface area (Å²) in [6.45, 7) is 2.51. The van der Waals surface area contributed by atoms with Crippen molar-refractivity contribution in [1.82, 2.24) is 15.5 Å². The van der Waals surface area contributed by atoms with Crippen LogP contribution in [0.25, 0.3) is 0 Å². The summed E-state index contributed by atoms with van der Waals surface area (Å²) in [5.74, 6) is 0.240. The Labute approximate surface area is 191 Å². The van der Waals surface area contributed by atoms with Crippen molar-refractivity contribution in [2.75, 3.05) is 32.9 Å². The molecule has 0 aromatic heterocycles. The third kappa shape index (κ3) is 5.20. The van der Waals surface area contributed by atoms with Crippen LogP contribution in [0.2, 0.25) is 0 Å². The molecule has 2 aliphatic heterocycles. The summed E-state index contributed by atoms with van der Waals surface area (Å²) in [4.78, 5) is 50.1. The highest BCUT2D eigenvalue weighted by Crippen LogP contribution is 2.36. The number of fused-ring (bicyclic) bond motifs is 1. The molecular weight excluding hydrogens is 430 g/mol. The zero-order valence-corrected chi connectivity index (χ0v) is 18.7. The number of esters is 1. The van der Waals surface area contributed by atoms with Crippen LogP contribution in [0, 0.1) is 5.92 Å². The number of hydrogen-bond acceptors (Lipinski definition) is 7. The Bertz CT molecular complexity index is 940. The van der Waals surface area contributed by atoms with Crippen molar-refractivity contribution in [2.45, 2.75) is 44.6 Å². The van der Waals surface area contributed by atoms with Crippen LogP contribution in [0.1, 0.15) is 38.2 Å². The molecule has 33 heavy (non-hydrogen) atoms. The van der Waals surface area contributed by atoms with Gasteiger partial charge in [-0.3, -0.25) is 19.3 Å². The maximum Gasteiger partial charge on any atom is 0.326 e. The minimum atomic E-state index is -0.908. The van der Waals surface area contributed by atoms with E-state index in [0.29, 0.717) is 56.4 Å². The van der Waals surface area contributed by atoms with Gasteiger partial charge in [-0.25, -0.2) is 4.79 Å². The van der Waals surface area contributed by atoms with Gasteiger partial charge in [0.15, 0.2) is 18.1 Å². The summed E-state index contributed by atoms with van der Waals surface area (Å²) in [5.41, 5.74) is 0.0656. The zero-order chi connectivity index (χ0) is 23.4. The maximum absolute atomic E-state index is 12.8. The van der Waals surface area contributed by atoms with Crippen molar-refractivity contribution < 1.29 is 33.4 Å². The predicted octanol–water partition coefficient (Wildman–Crippen LogP) is 1.16. The van der Waals surface area contributed by atoms with Crippen LogP contribution >= 0.6 is 0 Å². The lowest BCUT2D eigenvalue weighted by Crippen LogP contribution is -2.49. The first kappa shape index (κ1) is 22.9. The third-order valence-corrected chi connectivity index (χ3v) is 6.37. The van der Waals surface area contributed by atoms with Gasteiger partial charge < -0.3 is 24.8 Å². The van der Waals surface area contributed by atoms with Gasteiger partial charge in [0.1, 0.15) is 25.3 Å². The second-order valence-corrected chi connectivity index (χ2v) is 8.82. The van der Waals surface area contributed by atoms with E-state index in [2.05, 4.69) is 17.6 Å². The van der Waals surface area contributed by atoms with Crippen LogP contribution in [0.5, 0.6) is 11.5 Å². The van der Waals surface area contributed by atoms with Crippen molar-refractivity contribution in [3.8, 4) is 11.5 Å². The first-order chi connectivity index (χ1) is 15.9. The molecule has 10 nitrogen and oxygen atoms in total. The average Bonchev–Trinajstić information content (AvgIpc) is 3.03. The molecule has 0 atom stereocenters. The van der Waals surface area contributed by atoms with Crippen molar-refractivity contribution in [3.05, 3.63) is 23.8 Å². The van der Waals surface area contributed by atoms with E-state index in [9.17, 15) is 19.2 Å². The molecule has 3 aliphatic rings. The van der Waals surface area contributed by atoms with Gasteiger partial charge in [0.25, 0.3) is 11.8 Å². The summed E-state index contributed by atoms with van der Waals surface area (Å²) < 4.78 is 16.0. The Morgan fingerprint density at radius 3 is 2.67 bits per heavy atom. The van der Waals surface area contributed by atoms with Gasteiger partial charge in [0.2, 0.25) is 0 Å². The van der Waals surface area contributed by atoms with E-state index in [1.165, 1.54) is 0 Å². The first-order valence-electron chi connectivity index (χ1n) is 11.3. The van der Waals surface area contributed by atoms with E-state index >= 15 is 0 Å². The number of benzene rings is 1. The van der Waals surface area contributed by atoms with Crippen molar-refractivity contribution >= 4 is 23.8 Å². The monoisotopic (exact) mass is 459 g/mol. The lowest BCUT2D eigenvalue weighted by atomic mass is 9.77. The molecule has 1 aromatic carbocycles. The smallest absolute Gasteiger partial charge is 0.326 e. The minimum absolute atomic E-state index is 0.351. The van der Waals surface area contributed by atoms with Crippen LogP contribution in [-0.2, 0) is 25.5 Å². The largest absolute Gasteiger partial charge is 0.486 e. The molecule has 4 rings (SSSR count). The van der Waals surface area contributed by atoms with Gasteiger partial charge in [-0.1, -0.05) is 13.0 Å². The number of carbonyl (C=O) groups is 4. The molecule has 0 radical (unpaired) electrons.